The van der Waals surface area contributed by atoms with Crippen molar-refractivity contribution in [1.82, 2.24) is 0 Å². The van der Waals surface area contributed by atoms with E-state index < -0.39 is 0 Å². The van der Waals surface area contributed by atoms with Crippen LogP contribution in [0.2, 0.25) is 0 Å². The lowest BCUT2D eigenvalue weighted by Gasteiger charge is -2.01. The van der Waals surface area contributed by atoms with Crippen molar-refractivity contribution in [2.75, 3.05) is 0 Å². The summed E-state index contributed by atoms with van der Waals surface area (Å²) < 4.78 is 0. The van der Waals surface area contributed by atoms with Crippen molar-refractivity contribution >= 4 is 0 Å². The van der Waals surface area contributed by atoms with Crippen LogP contribution in [0.4, 0.5) is 0 Å². The van der Waals surface area contributed by atoms with Gasteiger partial charge in [0.25, 0.3) is 0 Å². The summed E-state index contributed by atoms with van der Waals surface area (Å²) in [7, 11) is 0. The van der Waals surface area contributed by atoms with Gasteiger partial charge in [0.15, 0.2) is 0 Å². The molecule has 0 heterocycles. The Hall–Kier alpha value is -3.18. The predicted molar refractivity (Wildman–Crippen MR) is 87.6 cm³/mol. The SMILES string of the molecule is Oc1ccc(C#Cc2ccc(-c3ccc(O)cc3)cc2)cc1. The molecule has 0 aliphatic rings. The van der Waals surface area contributed by atoms with Crippen LogP contribution in [-0.4, -0.2) is 10.2 Å². The van der Waals surface area contributed by atoms with Crippen molar-refractivity contribution in [2.24, 2.45) is 0 Å². The maximum absolute atomic E-state index is 9.31. The van der Waals surface area contributed by atoms with Crippen LogP contribution in [-0.2, 0) is 0 Å². The van der Waals surface area contributed by atoms with Gasteiger partial charge in [-0.15, -0.1) is 0 Å². The molecule has 2 nitrogen and oxygen atoms in total. The lowest BCUT2D eigenvalue weighted by Crippen LogP contribution is -1.79. The van der Waals surface area contributed by atoms with E-state index in [1.807, 2.05) is 36.4 Å². The maximum Gasteiger partial charge on any atom is 0.115 e. The van der Waals surface area contributed by atoms with Gasteiger partial charge < -0.3 is 10.2 Å². The molecular formula is C20H14O2. The molecule has 3 aromatic rings. The van der Waals surface area contributed by atoms with E-state index in [-0.39, 0.29) is 11.5 Å². The Morgan fingerprint density at radius 1 is 0.455 bits per heavy atom. The number of benzene rings is 3. The third-order valence-corrected chi connectivity index (χ3v) is 3.30. The van der Waals surface area contributed by atoms with Crippen LogP contribution in [0.3, 0.4) is 0 Å². The van der Waals surface area contributed by atoms with Crippen LogP contribution in [0.15, 0.2) is 72.8 Å². The molecule has 0 saturated carbocycles. The average Bonchev–Trinajstić information content (AvgIpc) is 2.56. The number of hydrogen-bond donors (Lipinski definition) is 2. The summed E-state index contributed by atoms with van der Waals surface area (Å²) in [5.74, 6) is 6.66. The summed E-state index contributed by atoms with van der Waals surface area (Å²) >= 11 is 0. The van der Waals surface area contributed by atoms with Gasteiger partial charge in [0.1, 0.15) is 11.5 Å². The zero-order chi connectivity index (χ0) is 15.4. The highest BCUT2D eigenvalue weighted by molar-refractivity contribution is 5.65. The Balaban J connectivity index is 1.80. The average molecular weight is 286 g/mol. The highest BCUT2D eigenvalue weighted by Gasteiger charge is 1.97. The van der Waals surface area contributed by atoms with Crippen LogP contribution in [0.1, 0.15) is 11.1 Å². The normalized spacial score (nSPS) is 9.82. The molecule has 0 radical (unpaired) electrons. The molecule has 2 N–H and O–H groups in total. The molecule has 106 valence electrons. The minimum absolute atomic E-state index is 0.240. The second-order valence-corrected chi connectivity index (χ2v) is 4.92. The van der Waals surface area contributed by atoms with E-state index >= 15 is 0 Å². The molecule has 0 amide bonds. The predicted octanol–water partition coefficient (Wildman–Crippen LogP) is 4.16. The van der Waals surface area contributed by atoms with Gasteiger partial charge in [0, 0.05) is 11.1 Å². The smallest absolute Gasteiger partial charge is 0.115 e. The van der Waals surface area contributed by atoms with Gasteiger partial charge in [-0.25, -0.2) is 0 Å². The van der Waals surface area contributed by atoms with Crippen LogP contribution >= 0.6 is 0 Å². The van der Waals surface area contributed by atoms with Crippen molar-refractivity contribution in [1.29, 1.82) is 0 Å². The molecule has 0 atom stereocenters. The summed E-state index contributed by atoms with van der Waals surface area (Å²) in [6.07, 6.45) is 0. The van der Waals surface area contributed by atoms with Crippen molar-refractivity contribution in [3.05, 3.63) is 83.9 Å². The number of phenolic OH excluding ortho intramolecular Hbond substituents is 2. The molecule has 0 saturated heterocycles. The largest absolute Gasteiger partial charge is 0.508 e. The molecule has 0 bridgehead atoms. The molecule has 22 heavy (non-hydrogen) atoms. The van der Waals surface area contributed by atoms with Crippen molar-refractivity contribution in [3.63, 3.8) is 0 Å². The zero-order valence-corrected chi connectivity index (χ0v) is 11.8. The Morgan fingerprint density at radius 2 is 0.773 bits per heavy atom. The van der Waals surface area contributed by atoms with Gasteiger partial charge >= 0.3 is 0 Å². The molecule has 0 aliphatic carbocycles. The lowest BCUT2D eigenvalue weighted by molar-refractivity contribution is 0.475. The standard InChI is InChI=1S/C20H14O2/c21-19-11-5-16(6-12-19)2-1-15-3-7-17(8-4-15)18-9-13-20(22)14-10-18/h3-14,21-22H. The van der Waals surface area contributed by atoms with E-state index in [0.717, 1.165) is 22.3 Å². The molecule has 0 aliphatic heterocycles. The summed E-state index contributed by atoms with van der Waals surface area (Å²) in [5.41, 5.74) is 3.92. The van der Waals surface area contributed by atoms with Crippen LogP contribution < -0.4 is 0 Å². The first kappa shape index (κ1) is 13.8. The fraction of sp³-hybridized carbons (Fsp3) is 0. The second kappa shape index (κ2) is 6.07. The number of rotatable bonds is 1. The van der Waals surface area contributed by atoms with E-state index in [0.29, 0.717) is 0 Å². The molecule has 0 aromatic heterocycles. The Labute approximate surface area is 129 Å². The summed E-state index contributed by atoms with van der Waals surface area (Å²) in [6.45, 7) is 0. The van der Waals surface area contributed by atoms with Gasteiger partial charge in [0.2, 0.25) is 0 Å². The Kier molecular flexibility index (Phi) is 3.80. The molecular weight excluding hydrogens is 272 g/mol. The third-order valence-electron chi connectivity index (χ3n) is 3.30. The molecule has 3 aromatic carbocycles. The first-order chi connectivity index (χ1) is 10.7. The van der Waals surface area contributed by atoms with Crippen molar-refractivity contribution in [3.8, 4) is 34.5 Å². The second-order valence-electron chi connectivity index (χ2n) is 4.92. The van der Waals surface area contributed by atoms with Gasteiger partial charge in [-0.05, 0) is 59.7 Å². The monoisotopic (exact) mass is 286 g/mol. The van der Waals surface area contributed by atoms with Gasteiger partial charge in [0.05, 0.1) is 0 Å². The molecule has 0 spiro atoms. The Bertz CT molecular complexity index is 818. The van der Waals surface area contributed by atoms with E-state index in [4.69, 9.17) is 0 Å². The molecule has 0 unspecified atom stereocenters. The first-order valence-electron chi connectivity index (χ1n) is 6.91. The highest BCUT2D eigenvalue weighted by Crippen LogP contribution is 2.22. The zero-order valence-electron chi connectivity index (χ0n) is 11.8. The molecule has 3 rings (SSSR count). The summed E-state index contributed by atoms with van der Waals surface area (Å²) in [4.78, 5) is 0. The summed E-state index contributed by atoms with van der Waals surface area (Å²) in [6, 6.07) is 21.9. The topological polar surface area (TPSA) is 40.5 Å². The minimum Gasteiger partial charge on any atom is -0.508 e. The van der Waals surface area contributed by atoms with Gasteiger partial charge in [-0.3, -0.25) is 0 Å². The first-order valence-corrected chi connectivity index (χ1v) is 6.91. The van der Waals surface area contributed by atoms with Crippen LogP contribution in [0, 0.1) is 11.8 Å². The fourth-order valence-electron chi connectivity index (χ4n) is 2.09. The van der Waals surface area contributed by atoms with Crippen molar-refractivity contribution < 1.29 is 10.2 Å². The highest BCUT2D eigenvalue weighted by atomic mass is 16.3. The van der Waals surface area contributed by atoms with Crippen molar-refractivity contribution in [2.45, 2.75) is 0 Å². The summed E-state index contributed by atoms with van der Waals surface area (Å²) in [5, 5.41) is 18.5. The number of phenols is 2. The minimum atomic E-state index is 0.240. The van der Waals surface area contributed by atoms with E-state index in [9.17, 15) is 10.2 Å². The quantitative estimate of drug-likeness (QED) is 0.659. The maximum atomic E-state index is 9.31. The van der Waals surface area contributed by atoms with Crippen LogP contribution in [0.5, 0.6) is 11.5 Å². The van der Waals surface area contributed by atoms with Gasteiger partial charge in [-0.2, -0.15) is 0 Å². The van der Waals surface area contributed by atoms with E-state index in [2.05, 4.69) is 11.8 Å². The van der Waals surface area contributed by atoms with E-state index in [1.165, 1.54) is 0 Å². The molecule has 0 fully saturated rings. The van der Waals surface area contributed by atoms with Gasteiger partial charge in [-0.1, -0.05) is 36.1 Å². The molecule has 2 heteroatoms. The Morgan fingerprint density at radius 3 is 1.23 bits per heavy atom. The number of aromatic hydroxyl groups is 2. The lowest BCUT2D eigenvalue weighted by atomic mass is 10.0. The van der Waals surface area contributed by atoms with E-state index in [1.54, 1.807) is 36.4 Å². The third kappa shape index (κ3) is 3.28. The fourth-order valence-corrected chi connectivity index (χ4v) is 2.09. The number of hydrogen-bond acceptors (Lipinski definition) is 2. The van der Waals surface area contributed by atoms with Crippen LogP contribution in [0.25, 0.3) is 11.1 Å².